The quantitative estimate of drug-likeness (QED) is 0.566. The van der Waals surface area contributed by atoms with Crippen LogP contribution in [0, 0.1) is 12.7 Å². The fraction of sp³-hybridized carbons (Fsp3) is 0.500. The second-order valence-electron chi connectivity index (χ2n) is 7.98. The van der Waals surface area contributed by atoms with Crippen molar-refractivity contribution in [2.75, 3.05) is 37.5 Å². The zero-order chi connectivity index (χ0) is 20.8. The Labute approximate surface area is 178 Å². The van der Waals surface area contributed by atoms with Gasteiger partial charge in [0, 0.05) is 44.3 Å². The number of aryl methyl sites for hydroxylation is 2. The second-order valence-corrected chi connectivity index (χ2v) is 7.98. The Morgan fingerprint density at radius 3 is 2.41 bits per heavy atom. The molecule has 5 heteroatoms. The maximum Gasteiger partial charge on any atom is 0.138 e. The van der Waals surface area contributed by atoms with Crippen molar-refractivity contribution in [3.63, 3.8) is 0 Å². The first kappa shape index (κ1) is 22.0. The first-order chi connectivity index (χ1) is 14.1. The molecule has 2 aliphatic rings. The highest BCUT2D eigenvalue weighted by Gasteiger charge is 2.29. The summed E-state index contributed by atoms with van der Waals surface area (Å²) < 4.78 is 27.6. The number of halogens is 3. The molecule has 1 saturated heterocycles. The molecule has 1 fully saturated rings. The van der Waals surface area contributed by atoms with E-state index in [2.05, 4.69) is 46.5 Å². The summed E-state index contributed by atoms with van der Waals surface area (Å²) in [6.45, 7) is 5.52. The highest BCUT2D eigenvalue weighted by atomic mass is 35.5. The van der Waals surface area contributed by atoms with E-state index in [1.165, 1.54) is 48.2 Å². The van der Waals surface area contributed by atoms with Gasteiger partial charge in [-0.25, -0.2) is 8.78 Å². The molecule has 0 radical (unpaired) electrons. The molecule has 29 heavy (non-hydrogen) atoms. The number of rotatable bonds is 4. The third-order valence-electron chi connectivity index (χ3n) is 6.04. The molecule has 2 nitrogen and oxygen atoms in total. The normalized spacial score (nSPS) is 18.6. The molecule has 0 bridgehead atoms. The number of fused-ring (bicyclic) bond motifs is 1. The molecule has 2 heterocycles. The van der Waals surface area contributed by atoms with Gasteiger partial charge < -0.3 is 4.90 Å². The minimum Gasteiger partial charge on any atom is -0.368 e. The predicted molar refractivity (Wildman–Crippen MR) is 118 cm³/mol. The van der Waals surface area contributed by atoms with E-state index in [0.717, 1.165) is 32.5 Å². The Bertz CT molecular complexity index is 773. The van der Waals surface area contributed by atoms with Gasteiger partial charge in [-0.15, -0.1) is 11.6 Å². The molecule has 4 rings (SSSR count). The molecule has 0 amide bonds. The number of likely N-dealkylation sites (tertiary alicyclic amines) is 1. The summed E-state index contributed by atoms with van der Waals surface area (Å²) in [7, 11) is 0. The van der Waals surface area contributed by atoms with Crippen LogP contribution in [0.4, 0.5) is 14.5 Å². The van der Waals surface area contributed by atoms with E-state index in [4.69, 9.17) is 0 Å². The van der Waals surface area contributed by atoms with Crippen LogP contribution in [-0.2, 0) is 6.42 Å². The first-order valence-corrected chi connectivity index (χ1v) is 11.2. The van der Waals surface area contributed by atoms with E-state index >= 15 is 0 Å². The number of piperidine rings is 1. The van der Waals surface area contributed by atoms with Gasteiger partial charge >= 0.3 is 0 Å². The van der Waals surface area contributed by atoms with Crippen molar-refractivity contribution in [3.05, 3.63) is 65.0 Å². The molecule has 1 unspecified atom stereocenters. The van der Waals surface area contributed by atoms with Crippen molar-refractivity contribution in [3.8, 4) is 0 Å². The van der Waals surface area contributed by atoms with Crippen LogP contribution in [-0.4, -0.2) is 43.5 Å². The number of nitrogens with zero attached hydrogens (tertiary/aromatic N) is 2. The molecule has 1 atom stereocenters. The standard InChI is InChI=1S/C23H28F2N2.CH3Cl/c1-17-4-5-19-3-2-12-27(23(19)15-17)21-10-13-26(14-11-21)16-22(25)18-6-8-20(24)9-7-18;1-2/h4-9,15,21-22H,2-3,10-14,16H2,1H3;1H3. The average Bonchev–Trinajstić information content (AvgIpc) is 2.76. The van der Waals surface area contributed by atoms with E-state index in [1.807, 2.05) is 0 Å². The number of alkyl halides is 2. The molecule has 158 valence electrons. The number of hydrogen-bond acceptors (Lipinski definition) is 2. The predicted octanol–water partition coefficient (Wildman–Crippen LogP) is 5.92. The molecule has 2 aromatic rings. The summed E-state index contributed by atoms with van der Waals surface area (Å²) >= 11 is 4.64. The van der Waals surface area contributed by atoms with Crippen molar-refractivity contribution >= 4 is 17.3 Å². The summed E-state index contributed by atoms with van der Waals surface area (Å²) in [5.41, 5.74) is 4.76. The zero-order valence-corrected chi connectivity index (χ0v) is 18.1. The Morgan fingerprint density at radius 2 is 1.72 bits per heavy atom. The second kappa shape index (κ2) is 10.4. The van der Waals surface area contributed by atoms with Crippen molar-refractivity contribution < 1.29 is 8.78 Å². The van der Waals surface area contributed by atoms with Gasteiger partial charge in [0.2, 0.25) is 0 Å². The lowest BCUT2D eigenvalue weighted by molar-refractivity contribution is 0.156. The largest absolute Gasteiger partial charge is 0.368 e. The van der Waals surface area contributed by atoms with Crippen molar-refractivity contribution in [1.82, 2.24) is 4.90 Å². The third kappa shape index (κ3) is 5.49. The first-order valence-electron chi connectivity index (χ1n) is 10.5. The van der Waals surface area contributed by atoms with Gasteiger partial charge in [0.15, 0.2) is 0 Å². The van der Waals surface area contributed by atoms with Crippen LogP contribution in [0.5, 0.6) is 0 Å². The lowest BCUT2D eigenvalue weighted by atomic mass is 9.94. The molecule has 0 aliphatic carbocycles. The fourth-order valence-electron chi connectivity index (χ4n) is 4.51. The topological polar surface area (TPSA) is 6.48 Å². The molecule has 0 saturated carbocycles. The van der Waals surface area contributed by atoms with E-state index in [-0.39, 0.29) is 5.82 Å². The highest BCUT2D eigenvalue weighted by molar-refractivity contribution is 6.15. The average molecular weight is 421 g/mol. The van der Waals surface area contributed by atoms with Crippen LogP contribution in [0.3, 0.4) is 0 Å². The molecule has 2 aliphatic heterocycles. The number of benzene rings is 2. The van der Waals surface area contributed by atoms with Crippen molar-refractivity contribution in [2.45, 2.75) is 44.8 Å². The smallest absolute Gasteiger partial charge is 0.138 e. The molecule has 2 aromatic carbocycles. The van der Waals surface area contributed by atoms with Gasteiger partial charge in [0.05, 0.1) is 0 Å². The molecular weight excluding hydrogens is 390 g/mol. The SMILES string of the molecule is CCl.Cc1ccc2c(c1)N(C1CCN(CC(F)c3ccc(F)cc3)CC1)CCC2. The Morgan fingerprint density at radius 1 is 1.03 bits per heavy atom. The highest BCUT2D eigenvalue weighted by Crippen LogP contribution is 2.33. The van der Waals surface area contributed by atoms with E-state index in [9.17, 15) is 8.78 Å². The minimum absolute atomic E-state index is 0.316. The van der Waals surface area contributed by atoms with Gasteiger partial charge in [0.1, 0.15) is 12.0 Å². The molecular formula is C24H31ClF2N2. The Balaban J connectivity index is 0.00000117. The van der Waals surface area contributed by atoms with Gasteiger partial charge in [-0.3, -0.25) is 4.90 Å². The zero-order valence-electron chi connectivity index (χ0n) is 17.4. The van der Waals surface area contributed by atoms with E-state index in [1.54, 1.807) is 12.1 Å². The van der Waals surface area contributed by atoms with Gasteiger partial charge in [-0.2, -0.15) is 0 Å². The summed E-state index contributed by atoms with van der Waals surface area (Å²) in [5.74, 6) is -0.316. The summed E-state index contributed by atoms with van der Waals surface area (Å²) in [6.07, 6.45) is 4.95. The lowest BCUT2D eigenvalue weighted by Crippen LogP contribution is -2.47. The van der Waals surface area contributed by atoms with Crippen molar-refractivity contribution in [2.24, 2.45) is 0 Å². The van der Waals surface area contributed by atoms with Crippen LogP contribution < -0.4 is 4.90 Å². The number of hydrogen-bond donors (Lipinski definition) is 0. The summed E-state index contributed by atoms with van der Waals surface area (Å²) in [4.78, 5) is 4.81. The minimum atomic E-state index is -1.06. The maximum absolute atomic E-state index is 14.6. The van der Waals surface area contributed by atoms with Gasteiger partial charge in [-0.05, 0) is 67.5 Å². The third-order valence-corrected chi connectivity index (χ3v) is 6.04. The van der Waals surface area contributed by atoms with Crippen LogP contribution in [0.1, 0.15) is 42.1 Å². The van der Waals surface area contributed by atoms with Crippen LogP contribution in [0.15, 0.2) is 42.5 Å². The van der Waals surface area contributed by atoms with E-state index < -0.39 is 6.17 Å². The summed E-state index contributed by atoms with van der Waals surface area (Å²) in [6, 6.07) is 13.1. The maximum atomic E-state index is 14.6. The monoisotopic (exact) mass is 420 g/mol. The Kier molecular flexibility index (Phi) is 7.91. The van der Waals surface area contributed by atoms with Gasteiger partial charge in [0.25, 0.3) is 0 Å². The molecule has 0 spiro atoms. The fourth-order valence-corrected chi connectivity index (χ4v) is 4.51. The van der Waals surface area contributed by atoms with E-state index in [0.29, 0.717) is 18.2 Å². The van der Waals surface area contributed by atoms with Gasteiger partial charge in [-0.1, -0.05) is 24.3 Å². The van der Waals surface area contributed by atoms with Crippen LogP contribution >= 0.6 is 11.6 Å². The van der Waals surface area contributed by atoms with Crippen LogP contribution in [0.2, 0.25) is 0 Å². The van der Waals surface area contributed by atoms with Crippen molar-refractivity contribution in [1.29, 1.82) is 0 Å². The Hall–Kier alpha value is -1.65. The molecule has 0 aromatic heterocycles. The van der Waals surface area contributed by atoms with Crippen LogP contribution in [0.25, 0.3) is 0 Å². The lowest BCUT2D eigenvalue weighted by Gasteiger charge is -2.42. The molecule has 0 N–H and O–H groups in total. The number of anilines is 1. The summed E-state index contributed by atoms with van der Waals surface area (Å²) in [5, 5.41) is 0.